The molecule has 0 saturated heterocycles. The molecule has 0 spiro atoms. The Morgan fingerprint density at radius 2 is 2.06 bits per heavy atom. The highest BCUT2D eigenvalue weighted by atomic mass is 19.3. The minimum Gasteiger partial charge on any atom is -0.497 e. The van der Waals surface area contributed by atoms with Crippen LogP contribution in [0, 0.1) is 6.92 Å². The zero-order chi connectivity index (χ0) is 22.9. The molecule has 1 aromatic carbocycles. The number of halogens is 2. The third-order valence-corrected chi connectivity index (χ3v) is 4.58. The van der Waals surface area contributed by atoms with Crippen LogP contribution in [0.4, 0.5) is 14.5 Å². The number of benzene rings is 1. The van der Waals surface area contributed by atoms with Crippen molar-refractivity contribution in [3.8, 4) is 17.1 Å². The smallest absolute Gasteiger partial charge is 0.301 e. The Morgan fingerprint density at radius 3 is 2.78 bits per heavy atom. The SMILES string of the molecule is COc1cccc(-c2oc(C)nc2C(=O)Nc2cnn(Cc3ccc(C(C)(F)F)o3)c2)c1. The molecule has 1 amide bonds. The average Bonchev–Trinajstić information content (AvgIpc) is 3.48. The summed E-state index contributed by atoms with van der Waals surface area (Å²) >= 11 is 0. The van der Waals surface area contributed by atoms with E-state index in [0.717, 1.165) is 6.92 Å². The zero-order valence-electron chi connectivity index (χ0n) is 17.6. The fourth-order valence-electron chi connectivity index (χ4n) is 3.10. The molecule has 0 aliphatic rings. The summed E-state index contributed by atoms with van der Waals surface area (Å²) in [6.07, 6.45) is 3.00. The Balaban J connectivity index is 1.50. The van der Waals surface area contributed by atoms with Crippen molar-refractivity contribution in [1.29, 1.82) is 0 Å². The number of hydrogen-bond donors (Lipinski definition) is 1. The maximum absolute atomic E-state index is 13.3. The van der Waals surface area contributed by atoms with Gasteiger partial charge in [0.05, 0.1) is 25.5 Å². The molecule has 0 aliphatic carbocycles. The lowest BCUT2D eigenvalue weighted by Crippen LogP contribution is -2.13. The van der Waals surface area contributed by atoms with Crippen LogP contribution in [0.5, 0.6) is 5.75 Å². The van der Waals surface area contributed by atoms with Gasteiger partial charge in [0, 0.05) is 25.6 Å². The summed E-state index contributed by atoms with van der Waals surface area (Å²) in [7, 11) is 1.55. The van der Waals surface area contributed by atoms with Crippen LogP contribution in [0.25, 0.3) is 11.3 Å². The normalized spacial score (nSPS) is 11.5. The van der Waals surface area contributed by atoms with Crippen molar-refractivity contribution in [2.45, 2.75) is 26.3 Å². The van der Waals surface area contributed by atoms with Crippen molar-refractivity contribution in [2.75, 3.05) is 12.4 Å². The van der Waals surface area contributed by atoms with Gasteiger partial charge >= 0.3 is 5.92 Å². The largest absolute Gasteiger partial charge is 0.497 e. The molecule has 4 rings (SSSR count). The van der Waals surface area contributed by atoms with Gasteiger partial charge in [0.15, 0.2) is 23.1 Å². The number of methoxy groups -OCH3 is 1. The number of ether oxygens (including phenoxy) is 1. The number of alkyl halides is 2. The number of furan rings is 1. The second-order valence-corrected chi connectivity index (χ2v) is 7.18. The number of aromatic nitrogens is 3. The highest BCUT2D eigenvalue weighted by Gasteiger charge is 2.28. The van der Waals surface area contributed by atoms with Gasteiger partial charge in [0.25, 0.3) is 5.91 Å². The van der Waals surface area contributed by atoms with Crippen molar-refractivity contribution in [2.24, 2.45) is 0 Å². The molecule has 8 nitrogen and oxygen atoms in total. The van der Waals surface area contributed by atoms with Crippen LogP contribution >= 0.6 is 0 Å². The van der Waals surface area contributed by atoms with Crippen molar-refractivity contribution in [1.82, 2.24) is 14.8 Å². The topological polar surface area (TPSA) is 95.3 Å². The number of nitrogens with one attached hydrogen (secondary N) is 1. The Hall–Kier alpha value is -3.95. The third-order valence-electron chi connectivity index (χ3n) is 4.58. The molecule has 0 atom stereocenters. The highest BCUT2D eigenvalue weighted by molar-refractivity contribution is 6.06. The van der Waals surface area contributed by atoms with Gasteiger partial charge in [0.1, 0.15) is 11.5 Å². The van der Waals surface area contributed by atoms with Crippen LogP contribution in [0.1, 0.15) is 34.8 Å². The van der Waals surface area contributed by atoms with Crippen LogP contribution in [0.3, 0.4) is 0 Å². The molecule has 0 unspecified atom stereocenters. The first-order valence-electron chi connectivity index (χ1n) is 9.65. The Bertz CT molecular complexity index is 1250. The number of aryl methyl sites for hydroxylation is 1. The second kappa shape index (κ2) is 8.29. The maximum atomic E-state index is 13.3. The minimum absolute atomic E-state index is 0.115. The number of anilines is 1. The minimum atomic E-state index is -3.06. The van der Waals surface area contributed by atoms with Gasteiger partial charge in [0.2, 0.25) is 0 Å². The van der Waals surface area contributed by atoms with Crippen LogP contribution < -0.4 is 10.1 Å². The molecular formula is C22H20F2N4O4. The summed E-state index contributed by atoms with van der Waals surface area (Å²) in [5.74, 6) is -2.37. The molecule has 166 valence electrons. The molecule has 32 heavy (non-hydrogen) atoms. The van der Waals surface area contributed by atoms with E-state index in [-0.39, 0.29) is 12.2 Å². The van der Waals surface area contributed by atoms with Gasteiger partial charge in [-0.05, 0) is 24.3 Å². The van der Waals surface area contributed by atoms with E-state index < -0.39 is 17.6 Å². The summed E-state index contributed by atoms with van der Waals surface area (Å²) in [6, 6.07) is 9.79. The van der Waals surface area contributed by atoms with Gasteiger partial charge in [-0.3, -0.25) is 9.48 Å². The Labute approximate surface area is 181 Å². The van der Waals surface area contributed by atoms with E-state index in [1.807, 2.05) is 0 Å². The molecule has 4 aromatic rings. The first-order chi connectivity index (χ1) is 15.2. The monoisotopic (exact) mass is 442 g/mol. The number of nitrogens with zero attached hydrogens (tertiary/aromatic N) is 3. The van der Waals surface area contributed by atoms with Gasteiger partial charge < -0.3 is 18.9 Å². The summed E-state index contributed by atoms with van der Waals surface area (Å²) in [5, 5.41) is 6.85. The molecule has 0 bridgehead atoms. The lowest BCUT2D eigenvalue weighted by Gasteiger charge is -2.05. The molecule has 0 fully saturated rings. The standard InChI is InChI=1S/C22H20F2N4O4/c1-13-26-19(20(31-13)14-5-4-6-16(9-14)30-3)21(29)27-15-10-25-28(11-15)12-17-7-8-18(32-17)22(2,23)24/h4-11H,12H2,1-3H3,(H,27,29). The average molecular weight is 442 g/mol. The molecule has 3 heterocycles. The molecule has 3 aromatic heterocycles. The van der Waals surface area contributed by atoms with E-state index >= 15 is 0 Å². The number of amides is 1. The Kier molecular flexibility index (Phi) is 5.52. The lowest BCUT2D eigenvalue weighted by atomic mass is 10.1. The van der Waals surface area contributed by atoms with Crippen LogP contribution in [-0.2, 0) is 12.5 Å². The molecule has 0 aliphatic heterocycles. The number of oxazole rings is 1. The van der Waals surface area contributed by atoms with Crippen molar-refractivity contribution < 1.29 is 27.1 Å². The van der Waals surface area contributed by atoms with Gasteiger partial charge in [-0.25, -0.2) is 4.98 Å². The van der Waals surface area contributed by atoms with E-state index in [1.165, 1.54) is 23.0 Å². The van der Waals surface area contributed by atoms with Crippen LogP contribution in [-0.4, -0.2) is 27.8 Å². The summed E-state index contributed by atoms with van der Waals surface area (Å²) < 4.78 is 44.2. The zero-order valence-corrected chi connectivity index (χ0v) is 17.6. The van der Waals surface area contributed by atoms with E-state index in [4.69, 9.17) is 13.6 Å². The second-order valence-electron chi connectivity index (χ2n) is 7.18. The summed E-state index contributed by atoms with van der Waals surface area (Å²) in [5.41, 5.74) is 1.16. The Morgan fingerprint density at radius 1 is 1.25 bits per heavy atom. The summed E-state index contributed by atoms with van der Waals surface area (Å²) in [4.78, 5) is 17.1. The van der Waals surface area contributed by atoms with E-state index in [9.17, 15) is 13.6 Å². The summed E-state index contributed by atoms with van der Waals surface area (Å²) in [6.45, 7) is 2.54. The number of rotatable bonds is 7. The van der Waals surface area contributed by atoms with Crippen molar-refractivity contribution in [3.05, 3.63) is 71.9 Å². The van der Waals surface area contributed by atoms with Gasteiger partial charge in [-0.1, -0.05) is 12.1 Å². The molecule has 0 saturated carbocycles. The molecule has 1 N–H and O–H groups in total. The number of carbonyl (C=O) groups excluding carboxylic acids is 1. The molecule has 10 heteroatoms. The highest BCUT2D eigenvalue weighted by Crippen LogP contribution is 2.30. The van der Waals surface area contributed by atoms with Crippen LogP contribution in [0.15, 0.2) is 57.6 Å². The van der Waals surface area contributed by atoms with Crippen molar-refractivity contribution in [3.63, 3.8) is 0 Å². The predicted molar refractivity (Wildman–Crippen MR) is 111 cm³/mol. The third kappa shape index (κ3) is 4.53. The van der Waals surface area contributed by atoms with Crippen LogP contribution in [0.2, 0.25) is 0 Å². The van der Waals surface area contributed by atoms with E-state index in [0.29, 0.717) is 34.4 Å². The van der Waals surface area contributed by atoms with E-state index in [1.54, 1.807) is 44.5 Å². The predicted octanol–water partition coefficient (Wildman–Crippen LogP) is 4.86. The number of hydrogen-bond acceptors (Lipinski definition) is 6. The fourth-order valence-corrected chi connectivity index (χ4v) is 3.10. The molecular weight excluding hydrogens is 422 g/mol. The van der Waals surface area contributed by atoms with E-state index in [2.05, 4.69) is 15.4 Å². The first-order valence-corrected chi connectivity index (χ1v) is 9.65. The quantitative estimate of drug-likeness (QED) is 0.439. The maximum Gasteiger partial charge on any atom is 0.301 e. The van der Waals surface area contributed by atoms with Crippen molar-refractivity contribution >= 4 is 11.6 Å². The lowest BCUT2D eigenvalue weighted by molar-refractivity contribution is -0.00636. The number of carbonyl (C=O) groups is 1. The molecule has 0 radical (unpaired) electrons. The van der Waals surface area contributed by atoms with Gasteiger partial charge in [-0.15, -0.1) is 0 Å². The fraction of sp³-hybridized carbons (Fsp3) is 0.227. The van der Waals surface area contributed by atoms with Gasteiger partial charge in [-0.2, -0.15) is 13.9 Å². The first kappa shape index (κ1) is 21.3.